The van der Waals surface area contributed by atoms with Gasteiger partial charge in [-0.15, -0.1) is 11.8 Å². The average Bonchev–Trinajstić information content (AvgIpc) is 2.50. The fraction of sp³-hybridized carbons (Fsp3) is 0.636. The van der Waals surface area contributed by atoms with E-state index in [0.717, 1.165) is 10.7 Å². The molecule has 1 fully saturated rings. The van der Waals surface area contributed by atoms with Gasteiger partial charge in [0, 0.05) is 43.5 Å². The monoisotopic (exact) mass is 330 g/mol. The predicted octanol–water partition coefficient (Wildman–Crippen LogP) is 1.53. The van der Waals surface area contributed by atoms with E-state index < -0.39 is 5.97 Å². The summed E-state index contributed by atoms with van der Waals surface area (Å²) in [5, 5.41) is 9.19. The first-order valence-electron chi connectivity index (χ1n) is 5.44. The third-order valence-electron chi connectivity index (χ3n) is 3.34. The van der Waals surface area contributed by atoms with E-state index in [1.165, 1.54) is 16.7 Å². The Bertz CT molecular complexity index is 396. The summed E-state index contributed by atoms with van der Waals surface area (Å²) in [6.45, 7) is 5.87. The minimum atomic E-state index is -0.981. The summed E-state index contributed by atoms with van der Waals surface area (Å²) in [4.78, 5) is 25.2. The van der Waals surface area contributed by atoms with Gasteiger partial charge in [-0.1, -0.05) is 20.8 Å². The molecular weight excluding hydrogens is 315 g/mol. The number of carboxylic acid groups (broad SMARTS) is 1. The van der Waals surface area contributed by atoms with Gasteiger partial charge in [0.25, 0.3) is 0 Å². The van der Waals surface area contributed by atoms with E-state index in [1.54, 1.807) is 0 Å². The number of carboxylic acids is 1. The van der Waals surface area contributed by atoms with Gasteiger partial charge >= 0.3 is 5.97 Å². The largest absolute Gasteiger partial charge is 0.477 e. The molecule has 0 spiro atoms. The smallest absolute Gasteiger partial charge is 0.353 e. The van der Waals surface area contributed by atoms with Gasteiger partial charge < -0.3 is 10.0 Å². The van der Waals surface area contributed by atoms with E-state index in [1.807, 2.05) is 20.8 Å². The second-order valence-electron chi connectivity index (χ2n) is 4.23. The first-order chi connectivity index (χ1) is 7.50. The molecule has 2 rings (SSSR count). The van der Waals surface area contributed by atoms with Gasteiger partial charge in [-0.2, -0.15) is 0 Å². The Hall–Kier alpha value is 0.134. The topological polar surface area (TPSA) is 57.6 Å². The van der Waals surface area contributed by atoms with Crippen LogP contribution in [0.4, 0.5) is 0 Å². The molecule has 2 heterocycles. The second kappa shape index (κ2) is 5.41. The molecule has 6 heteroatoms. The molecular formula is C11H15NO3SY. The Kier molecular flexibility index (Phi) is 4.84. The van der Waals surface area contributed by atoms with Crippen molar-refractivity contribution in [3.63, 3.8) is 0 Å². The van der Waals surface area contributed by atoms with Crippen LogP contribution in [0, 0.1) is 11.8 Å². The van der Waals surface area contributed by atoms with Crippen LogP contribution in [0.1, 0.15) is 20.8 Å². The molecule has 1 radical (unpaired) electrons. The number of carbonyl (C=O) groups is 2. The molecule has 1 amide bonds. The van der Waals surface area contributed by atoms with Gasteiger partial charge in [-0.3, -0.25) is 4.79 Å². The third kappa shape index (κ3) is 2.10. The second-order valence-corrected chi connectivity index (χ2v) is 5.53. The van der Waals surface area contributed by atoms with E-state index in [9.17, 15) is 14.7 Å². The molecule has 0 aliphatic carbocycles. The number of carbonyl (C=O) groups excluding carboxylic acids is 1. The van der Waals surface area contributed by atoms with Crippen molar-refractivity contribution in [3.8, 4) is 0 Å². The van der Waals surface area contributed by atoms with Crippen molar-refractivity contribution >= 4 is 23.6 Å². The van der Waals surface area contributed by atoms with Crippen LogP contribution in [0.3, 0.4) is 0 Å². The number of aliphatic carboxylic acids is 1. The van der Waals surface area contributed by atoms with Crippen LogP contribution in [-0.4, -0.2) is 33.7 Å². The molecule has 1 N–H and O–H groups in total. The van der Waals surface area contributed by atoms with Gasteiger partial charge in [0.05, 0.1) is 12.0 Å². The minimum Gasteiger partial charge on any atom is -0.477 e. The van der Waals surface area contributed by atoms with Gasteiger partial charge in [0.1, 0.15) is 5.70 Å². The number of nitrogens with zero attached hydrogens (tertiary/aromatic N) is 1. The summed E-state index contributed by atoms with van der Waals surface area (Å²) >= 11 is 1.54. The molecule has 3 unspecified atom stereocenters. The zero-order valence-corrected chi connectivity index (χ0v) is 13.8. The molecule has 0 bridgehead atoms. The van der Waals surface area contributed by atoms with E-state index in [4.69, 9.17) is 0 Å². The summed E-state index contributed by atoms with van der Waals surface area (Å²) in [5.74, 6) is -0.0888. The Balaban J connectivity index is 0.00000144. The average molecular weight is 330 g/mol. The van der Waals surface area contributed by atoms with Gasteiger partial charge in [0.15, 0.2) is 0 Å². The number of thioether (sulfide) groups is 1. The maximum Gasteiger partial charge on any atom is 0.353 e. The van der Waals surface area contributed by atoms with Gasteiger partial charge in [-0.05, 0) is 5.75 Å². The first kappa shape index (κ1) is 15.2. The summed E-state index contributed by atoms with van der Waals surface area (Å²) in [6.07, 6.45) is 0. The molecule has 0 saturated carbocycles. The number of amides is 1. The maximum absolute atomic E-state index is 11.7. The predicted molar refractivity (Wildman–Crippen MR) is 61.8 cm³/mol. The molecule has 0 aromatic carbocycles. The molecule has 2 aliphatic rings. The van der Waals surface area contributed by atoms with Crippen LogP contribution < -0.4 is 0 Å². The normalized spacial score (nSPS) is 30.9. The number of fused-ring (bicyclic) bond motifs is 1. The first-order valence-corrected chi connectivity index (χ1v) is 6.42. The Morgan fingerprint density at radius 3 is 2.47 bits per heavy atom. The molecule has 0 aromatic heterocycles. The standard InChI is InChI=1S/C11H15NO3S.Y/c1-4-16-9-5(2)7-6(3)10(13)12(7)8(9)11(14)15;/h5-7H,4H2,1-3H3,(H,14,15);. The summed E-state index contributed by atoms with van der Waals surface area (Å²) in [5.41, 5.74) is 0.215. The van der Waals surface area contributed by atoms with Gasteiger partial charge in [0.2, 0.25) is 5.91 Å². The summed E-state index contributed by atoms with van der Waals surface area (Å²) in [6, 6.07) is 0.0626. The Morgan fingerprint density at radius 1 is 1.41 bits per heavy atom. The van der Waals surface area contributed by atoms with Crippen molar-refractivity contribution in [1.82, 2.24) is 4.90 Å². The number of β-lactam (4-membered cyclic amide) rings is 1. The Labute approximate surface area is 130 Å². The van der Waals surface area contributed by atoms with E-state index in [-0.39, 0.29) is 62.2 Å². The fourth-order valence-electron chi connectivity index (χ4n) is 2.62. The molecule has 3 atom stereocenters. The van der Waals surface area contributed by atoms with E-state index in [2.05, 4.69) is 0 Å². The molecule has 17 heavy (non-hydrogen) atoms. The molecule has 1 saturated heterocycles. The number of rotatable bonds is 3. The van der Waals surface area contributed by atoms with Crippen molar-refractivity contribution < 1.29 is 47.4 Å². The van der Waals surface area contributed by atoms with Crippen LogP contribution in [0.5, 0.6) is 0 Å². The van der Waals surface area contributed by atoms with E-state index >= 15 is 0 Å². The summed E-state index contributed by atoms with van der Waals surface area (Å²) < 4.78 is 0. The zero-order chi connectivity index (χ0) is 12.0. The van der Waals surface area contributed by atoms with Crippen LogP contribution in [0.15, 0.2) is 10.6 Å². The van der Waals surface area contributed by atoms with Crippen molar-refractivity contribution in [2.24, 2.45) is 11.8 Å². The van der Waals surface area contributed by atoms with Crippen LogP contribution in [0.2, 0.25) is 0 Å². The van der Waals surface area contributed by atoms with E-state index in [0.29, 0.717) is 0 Å². The quantitative estimate of drug-likeness (QED) is 0.798. The van der Waals surface area contributed by atoms with Crippen LogP contribution in [0.25, 0.3) is 0 Å². The molecule has 91 valence electrons. The molecule has 4 nitrogen and oxygen atoms in total. The van der Waals surface area contributed by atoms with Crippen LogP contribution >= 0.6 is 11.8 Å². The van der Waals surface area contributed by atoms with Gasteiger partial charge in [-0.25, -0.2) is 4.79 Å². The minimum absolute atomic E-state index is 0. The third-order valence-corrected chi connectivity index (χ3v) is 4.50. The van der Waals surface area contributed by atoms with Crippen molar-refractivity contribution in [2.45, 2.75) is 26.8 Å². The molecule has 2 aliphatic heterocycles. The number of hydrogen-bond donors (Lipinski definition) is 1. The number of hydrogen-bond acceptors (Lipinski definition) is 3. The molecule has 0 aromatic rings. The fourth-order valence-corrected chi connectivity index (χ4v) is 3.66. The Morgan fingerprint density at radius 2 is 2.00 bits per heavy atom. The summed E-state index contributed by atoms with van der Waals surface area (Å²) in [7, 11) is 0. The zero-order valence-electron chi connectivity index (χ0n) is 10.1. The maximum atomic E-state index is 11.7. The van der Waals surface area contributed by atoms with Crippen LogP contribution in [-0.2, 0) is 42.3 Å². The van der Waals surface area contributed by atoms with Crippen molar-refractivity contribution in [2.75, 3.05) is 5.75 Å². The SMILES string of the molecule is CCSC1=C(C(=O)O)N2C(=O)C(C)C2C1C.[Y]. The van der Waals surface area contributed by atoms with Crippen molar-refractivity contribution in [1.29, 1.82) is 0 Å². The van der Waals surface area contributed by atoms with Crippen molar-refractivity contribution in [3.05, 3.63) is 10.6 Å².